The molecule has 1 aromatic rings. The normalized spacial score (nSPS) is 15.7. The highest BCUT2D eigenvalue weighted by Crippen LogP contribution is 2.18. The summed E-state index contributed by atoms with van der Waals surface area (Å²) in [6.07, 6.45) is 4.66. The fraction of sp³-hybridized carbons (Fsp3) is 0.533. The van der Waals surface area contributed by atoms with Crippen LogP contribution in [-0.2, 0) is 0 Å². The van der Waals surface area contributed by atoms with Crippen molar-refractivity contribution in [1.82, 2.24) is 4.90 Å². The number of rotatable bonds is 3. The molecule has 1 aromatic carbocycles. The number of nitrogens with zero attached hydrogens (tertiary/aromatic N) is 1. The van der Waals surface area contributed by atoms with Crippen molar-refractivity contribution in [3.63, 3.8) is 0 Å². The molecule has 4 heteroatoms. The third kappa shape index (κ3) is 4.16. The van der Waals surface area contributed by atoms with Crippen molar-refractivity contribution in [2.75, 3.05) is 25.0 Å². The minimum Gasteiger partial charge on any atom is -0.494 e. The summed E-state index contributed by atoms with van der Waals surface area (Å²) in [6.45, 7) is 4.29. The van der Waals surface area contributed by atoms with Crippen LogP contribution in [0.2, 0.25) is 0 Å². The van der Waals surface area contributed by atoms with Crippen LogP contribution in [0.25, 0.3) is 0 Å². The van der Waals surface area contributed by atoms with Gasteiger partial charge in [-0.2, -0.15) is 0 Å². The Hall–Kier alpha value is -1.71. The average Bonchev–Trinajstić information content (AvgIpc) is 2.68. The van der Waals surface area contributed by atoms with Crippen LogP contribution in [-0.4, -0.2) is 30.6 Å². The Morgan fingerprint density at radius 3 is 2.68 bits per heavy atom. The second-order valence-corrected chi connectivity index (χ2v) is 4.79. The van der Waals surface area contributed by atoms with Crippen LogP contribution in [0.5, 0.6) is 5.75 Å². The van der Waals surface area contributed by atoms with E-state index in [0.29, 0.717) is 6.61 Å². The fourth-order valence-electron chi connectivity index (χ4n) is 2.31. The van der Waals surface area contributed by atoms with Gasteiger partial charge in [-0.1, -0.05) is 18.9 Å². The maximum absolute atomic E-state index is 12.2. The van der Waals surface area contributed by atoms with Gasteiger partial charge in [-0.3, -0.25) is 0 Å². The zero-order valence-corrected chi connectivity index (χ0v) is 11.5. The second kappa shape index (κ2) is 7.02. The summed E-state index contributed by atoms with van der Waals surface area (Å²) in [6, 6.07) is 7.53. The number of urea groups is 1. The molecule has 0 saturated carbocycles. The van der Waals surface area contributed by atoms with Gasteiger partial charge in [0.05, 0.1) is 6.61 Å². The molecule has 1 heterocycles. The Balaban J connectivity index is 1.95. The van der Waals surface area contributed by atoms with Crippen LogP contribution < -0.4 is 10.1 Å². The average molecular weight is 262 g/mol. The molecule has 0 radical (unpaired) electrons. The number of carbonyl (C=O) groups excluding carboxylic acids is 1. The van der Waals surface area contributed by atoms with Gasteiger partial charge in [0.15, 0.2) is 0 Å². The minimum atomic E-state index is -0.00412. The second-order valence-electron chi connectivity index (χ2n) is 4.79. The number of anilines is 1. The Kier molecular flexibility index (Phi) is 5.07. The molecule has 2 amide bonds. The Morgan fingerprint density at radius 1 is 1.26 bits per heavy atom. The van der Waals surface area contributed by atoms with E-state index in [-0.39, 0.29) is 6.03 Å². The smallest absolute Gasteiger partial charge is 0.321 e. The van der Waals surface area contributed by atoms with Crippen molar-refractivity contribution in [2.45, 2.75) is 32.6 Å². The molecule has 2 rings (SSSR count). The minimum absolute atomic E-state index is 0.00412. The highest BCUT2D eigenvalue weighted by molar-refractivity contribution is 5.89. The Labute approximate surface area is 114 Å². The maximum atomic E-state index is 12.2. The number of carbonyl (C=O) groups is 1. The van der Waals surface area contributed by atoms with E-state index in [1.165, 1.54) is 12.8 Å². The quantitative estimate of drug-likeness (QED) is 0.906. The molecule has 1 N–H and O–H groups in total. The lowest BCUT2D eigenvalue weighted by molar-refractivity contribution is 0.214. The molecule has 0 aromatic heterocycles. The van der Waals surface area contributed by atoms with E-state index in [9.17, 15) is 4.79 Å². The van der Waals surface area contributed by atoms with Crippen molar-refractivity contribution < 1.29 is 9.53 Å². The van der Waals surface area contributed by atoms with Crippen LogP contribution in [0.15, 0.2) is 24.3 Å². The van der Waals surface area contributed by atoms with E-state index < -0.39 is 0 Å². The first-order chi connectivity index (χ1) is 9.29. The maximum Gasteiger partial charge on any atom is 0.321 e. The topological polar surface area (TPSA) is 41.6 Å². The zero-order chi connectivity index (χ0) is 13.5. The monoisotopic (exact) mass is 262 g/mol. The van der Waals surface area contributed by atoms with E-state index in [2.05, 4.69) is 5.32 Å². The van der Waals surface area contributed by atoms with Gasteiger partial charge in [0.25, 0.3) is 0 Å². The molecule has 0 aliphatic carbocycles. The van der Waals surface area contributed by atoms with Gasteiger partial charge in [-0.15, -0.1) is 0 Å². The highest BCUT2D eigenvalue weighted by atomic mass is 16.5. The van der Waals surface area contributed by atoms with Crippen LogP contribution in [0.4, 0.5) is 10.5 Å². The number of benzene rings is 1. The van der Waals surface area contributed by atoms with Crippen molar-refractivity contribution in [3.8, 4) is 5.75 Å². The third-order valence-electron chi connectivity index (χ3n) is 3.29. The van der Waals surface area contributed by atoms with E-state index in [1.807, 2.05) is 36.1 Å². The first-order valence-corrected chi connectivity index (χ1v) is 7.08. The Bertz CT molecular complexity index is 412. The molecule has 1 saturated heterocycles. The lowest BCUT2D eigenvalue weighted by atomic mass is 10.2. The summed E-state index contributed by atoms with van der Waals surface area (Å²) in [4.78, 5) is 14.1. The number of hydrogen-bond acceptors (Lipinski definition) is 2. The van der Waals surface area contributed by atoms with Gasteiger partial charge in [0.2, 0.25) is 0 Å². The summed E-state index contributed by atoms with van der Waals surface area (Å²) >= 11 is 0. The van der Waals surface area contributed by atoms with Crippen molar-refractivity contribution in [3.05, 3.63) is 24.3 Å². The van der Waals surface area contributed by atoms with E-state index in [0.717, 1.165) is 37.4 Å². The molecule has 0 atom stereocenters. The first kappa shape index (κ1) is 13.7. The fourth-order valence-corrected chi connectivity index (χ4v) is 2.31. The van der Waals surface area contributed by atoms with Crippen LogP contribution in [0.1, 0.15) is 32.6 Å². The van der Waals surface area contributed by atoms with Crippen LogP contribution in [0, 0.1) is 0 Å². The molecular weight excluding hydrogens is 240 g/mol. The van der Waals surface area contributed by atoms with Crippen LogP contribution >= 0.6 is 0 Å². The van der Waals surface area contributed by atoms with Crippen molar-refractivity contribution in [2.24, 2.45) is 0 Å². The lowest BCUT2D eigenvalue weighted by Crippen LogP contribution is -2.35. The summed E-state index contributed by atoms with van der Waals surface area (Å²) in [5.74, 6) is 0.788. The number of likely N-dealkylation sites (tertiary alicyclic amines) is 1. The molecule has 0 bridgehead atoms. The molecular formula is C15H22N2O2. The number of ether oxygens (including phenoxy) is 1. The molecule has 0 spiro atoms. The van der Waals surface area contributed by atoms with Gasteiger partial charge >= 0.3 is 6.03 Å². The predicted molar refractivity (Wildman–Crippen MR) is 76.7 cm³/mol. The summed E-state index contributed by atoms with van der Waals surface area (Å²) in [5, 5.41) is 2.95. The number of nitrogens with one attached hydrogen (secondary N) is 1. The molecule has 0 unspecified atom stereocenters. The largest absolute Gasteiger partial charge is 0.494 e. The summed E-state index contributed by atoms with van der Waals surface area (Å²) in [5.41, 5.74) is 0.792. The SMILES string of the molecule is CCOc1cccc(NC(=O)N2CCCCCC2)c1. The van der Waals surface area contributed by atoms with Gasteiger partial charge in [0.1, 0.15) is 5.75 Å². The number of hydrogen-bond donors (Lipinski definition) is 1. The highest BCUT2D eigenvalue weighted by Gasteiger charge is 2.15. The van der Waals surface area contributed by atoms with E-state index in [4.69, 9.17) is 4.74 Å². The predicted octanol–water partition coefficient (Wildman–Crippen LogP) is 3.49. The number of amides is 2. The molecule has 4 nitrogen and oxygen atoms in total. The standard InChI is InChI=1S/C15H22N2O2/c1-2-19-14-9-7-8-13(12-14)16-15(18)17-10-5-3-4-6-11-17/h7-9,12H,2-6,10-11H2,1H3,(H,16,18). The van der Waals surface area contributed by atoms with Gasteiger partial charge in [0, 0.05) is 24.8 Å². The van der Waals surface area contributed by atoms with E-state index >= 15 is 0 Å². The molecule has 1 fully saturated rings. The van der Waals surface area contributed by atoms with Crippen molar-refractivity contribution in [1.29, 1.82) is 0 Å². The zero-order valence-electron chi connectivity index (χ0n) is 11.5. The van der Waals surface area contributed by atoms with E-state index in [1.54, 1.807) is 0 Å². The molecule has 1 aliphatic heterocycles. The molecule has 1 aliphatic rings. The lowest BCUT2D eigenvalue weighted by Gasteiger charge is -2.20. The molecule has 19 heavy (non-hydrogen) atoms. The van der Waals surface area contributed by atoms with Gasteiger partial charge in [-0.25, -0.2) is 4.79 Å². The Morgan fingerprint density at radius 2 is 2.00 bits per heavy atom. The van der Waals surface area contributed by atoms with Gasteiger partial charge in [-0.05, 0) is 31.9 Å². The summed E-state index contributed by atoms with van der Waals surface area (Å²) in [7, 11) is 0. The first-order valence-electron chi connectivity index (χ1n) is 7.08. The van der Waals surface area contributed by atoms with Crippen molar-refractivity contribution >= 4 is 11.7 Å². The van der Waals surface area contributed by atoms with Gasteiger partial charge < -0.3 is 15.0 Å². The molecule has 104 valence electrons. The summed E-state index contributed by atoms with van der Waals surface area (Å²) < 4.78 is 5.43. The third-order valence-corrected chi connectivity index (χ3v) is 3.29. The van der Waals surface area contributed by atoms with Crippen LogP contribution in [0.3, 0.4) is 0 Å².